The summed E-state index contributed by atoms with van der Waals surface area (Å²) in [6.07, 6.45) is 4.36. The molecule has 0 aromatic rings. The van der Waals surface area contributed by atoms with E-state index in [1.165, 1.54) is 0 Å². The minimum absolute atomic E-state index is 0.406. The Morgan fingerprint density at radius 3 is 2.82 bits per heavy atom. The zero-order valence-electron chi connectivity index (χ0n) is 10.8. The Balaban J connectivity index is 1.85. The first-order valence-corrected chi connectivity index (χ1v) is 6.64. The summed E-state index contributed by atoms with van der Waals surface area (Å²) in [6.45, 7) is 6.43. The van der Waals surface area contributed by atoms with Gasteiger partial charge in [-0.25, -0.2) is 0 Å². The normalized spacial score (nSPS) is 38.7. The van der Waals surface area contributed by atoms with Gasteiger partial charge in [0.15, 0.2) is 0 Å². The summed E-state index contributed by atoms with van der Waals surface area (Å²) in [4.78, 5) is 13.6. The van der Waals surface area contributed by atoms with Crippen molar-refractivity contribution < 1.29 is 14.6 Å². The first-order valence-electron chi connectivity index (χ1n) is 6.64. The van der Waals surface area contributed by atoms with Crippen LogP contribution in [-0.4, -0.2) is 47.8 Å². The minimum Gasteiger partial charge on any atom is -0.481 e. The van der Waals surface area contributed by atoms with Crippen LogP contribution in [0.5, 0.6) is 0 Å². The topological polar surface area (TPSA) is 49.8 Å². The molecule has 0 spiro atoms. The van der Waals surface area contributed by atoms with Crippen molar-refractivity contribution in [1.29, 1.82) is 0 Å². The third-order valence-electron chi connectivity index (χ3n) is 4.23. The highest BCUT2D eigenvalue weighted by Crippen LogP contribution is 2.36. The molecule has 1 heterocycles. The van der Waals surface area contributed by atoms with E-state index in [4.69, 9.17) is 4.74 Å². The SMILES string of the molecule is CCOC1CC(N2CCCC(C)(C(=O)O)C2)C1. The molecule has 1 saturated carbocycles. The predicted octanol–water partition coefficient (Wildman–Crippen LogP) is 1.74. The van der Waals surface area contributed by atoms with Gasteiger partial charge in [0.25, 0.3) is 0 Å². The Kier molecular flexibility index (Phi) is 3.73. The summed E-state index contributed by atoms with van der Waals surface area (Å²) in [5, 5.41) is 9.27. The second kappa shape index (κ2) is 4.94. The van der Waals surface area contributed by atoms with Crippen LogP contribution in [0.1, 0.15) is 39.5 Å². The van der Waals surface area contributed by atoms with Crippen LogP contribution in [0.2, 0.25) is 0 Å². The molecule has 0 radical (unpaired) electrons. The zero-order chi connectivity index (χ0) is 12.5. The van der Waals surface area contributed by atoms with Gasteiger partial charge < -0.3 is 9.84 Å². The lowest BCUT2D eigenvalue weighted by Gasteiger charge is -2.47. The molecule has 0 bridgehead atoms. The largest absolute Gasteiger partial charge is 0.481 e. The standard InChI is InChI=1S/C13H23NO3/c1-3-17-11-7-10(8-11)14-6-4-5-13(2,9-14)12(15)16/h10-11H,3-9H2,1-2H3,(H,15,16). The van der Waals surface area contributed by atoms with Gasteiger partial charge in [-0.15, -0.1) is 0 Å². The van der Waals surface area contributed by atoms with Gasteiger partial charge in [0.05, 0.1) is 11.5 Å². The van der Waals surface area contributed by atoms with Crippen LogP contribution in [0, 0.1) is 5.41 Å². The predicted molar refractivity (Wildman–Crippen MR) is 65.0 cm³/mol. The number of hydrogen-bond acceptors (Lipinski definition) is 3. The number of piperidine rings is 1. The molecule has 1 N–H and O–H groups in total. The lowest BCUT2D eigenvalue weighted by atomic mass is 9.78. The molecule has 0 amide bonds. The molecule has 0 aromatic carbocycles. The summed E-state index contributed by atoms with van der Waals surface area (Å²) in [6, 6.07) is 0.547. The van der Waals surface area contributed by atoms with E-state index in [0.717, 1.165) is 38.8 Å². The Hall–Kier alpha value is -0.610. The van der Waals surface area contributed by atoms with Crippen LogP contribution in [0.4, 0.5) is 0 Å². The van der Waals surface area contributed by atoms with Gasteiger partial charge in [0.2, 0.25) is 0 Å². The second-order valence-electron chi connectivity index (χ2n) is 5.64. The van der Waals surface area contributed by atoms with Crippen LogP contribution < -0.4 is 0 Å². The van der Waals surface area contributed by atoms with E-state index < -0.39 is 11.4 Å². The summed E-state index contributed by atoms with van der Waals surface area (Å²) in [5.41, 5.74) is -0.547. The number of nitrogens with zero attached hydrogens (tertiary/aromatic N) is 1. The van der Waals surface area contributed by atoms with E-state index in [1.807, 2.05) is 13.8 Å². The van der Waals surface area contributed by atoms with Crippen LogP contribution >= 0.6 is 0 Å². The highest BCUT2D eigenvalue weighted by molar-refractivity contribution is 5.74. The summed E-state index contributed by atoms with van der Waals surface area (Å²) < 4.78 is 5.56. The monoisotopic (exact) mass is 241 g/mol. The van der Waals surface area contributed by atoms with E-state index in [1.54, 1.807) is 0 Å². The molecule has 0 aromatic heterocycles. The highest BCUT2D eigenvalue weighted by atomic mass is 16.5. The van der Waals surface area contributed by atoms with Gasteiger partial charge in [0, 0.05) is 19.2 Å². The number of aliphatic carboxylic acids is 1. The van der Waals surface area contributed by atoms with Crippen molar-refractivity contribution in [2.45, 2.75) is 51.7 Å². The maximum absolute atomic E-state index is 11.3. The maximum Gasteiger partial charge on any atom is 0.310 e. The van der Waals surface area contributed by atoms with Crippen LogP contribution in [-0.2, 0) is 9.53 Å². The first-order chi connectivity index (χ1) is 8.05. The summed E-state index contributed by atoms with van der Waals surface area (Å²) in [7, 11) is 0. The van der Waals surface area contributed by atoms with Gasteiger partial charge in [-0.2, -0.15) is 0 Å². The van der Waals surface area contributed by atoms with Crippen molar-refractivity contribution in [2.24, 2.45) is 5.41 Å². The van der Waals surface area contributed by atoms with Crippen molar-refractivity contribution >= 4 is 5.97 Å². The minimum atomic E-state index is -0.650. The number of carbonyl (C=O) groups is 1. The van der Waals surface area contributed by atoms with Crippen molar-refractivity contribution in [1.82, 2.24) is 4.90 Å². The van der Waals surface area contributed by atoms with E-state index in [-0.39, 0.29) is 0 Å². The molecule has 98 valence electrons. The Morgan fingerprint density at radius 1 is 1.53 bits per heavy atom. The third-order valence-corrected chi connectivity index (χ3v) is 4.23. The lowest BCUT2D eigenvalue weighted by Crippen LogP contribution is -2.55. The number of carboxylic acid groups (broad SMARTS) is 1. The molecular weight excluding hydrogens is 218 g/mol. The van der Waals surface area contributed by atoms with Crippen LogP contribution in [0.25, 0.3) is 0 Å². The molecule has 1 aliphatic carbocycles. The van der Waals surface area contributed by atoms with Crippen LogP contribution in [0.15, 0.2) is 0 Å². The van der Waals surface area contributed by atoms with E-state index in [0.29, 0.717) is 18.7 Å². The smallest absolute Gasteiger partial charge is 0.310 e. The third kappa shape index (κ3) is 2.63. The summed E-state index contributed by atoms with van der Waals surface area (Å²) in [5.74, 6) is -0.650. The molecule has 1 unspecified atom stereocenters. The molecule has 1 saturated heterocycles. The molecule has 2 aliphatic rings. The molecule has 4 heteroatoms. The number of likely N-dealkylation sites (tertiary alicyclic amines) is 1. The van der Waals surface area contributed by atoms with E-state index in [2.05, 4.69) is 4.90 Å². The van der Waals surface area contributed by atoms with Crippen LogP contribution in [0.3, 0.4) is 0 Å². The fraction of sp³-hybridized carbons (Fsp3) is 0.923. The average molecular weight is 241 g/mol. The number of ether oxygens (including phenoxy) is 1. The van der Waals surface area contributed by atoms with Crippen molar-refractivity contribution in [3.05, 3.63) is 0 Å². The average Bonchev–Trinajstić information content (AvgIpc) is 2.22. The highest BCUT2D eigenvalue weighted by Gasteiger charge is 2.43. The molecule has 2 fully saturated rings. The molecule has 1 atom stereocenters. The Labute approximate surface area is 103 Å². The van der Waals surface area contributed by atoms with Gasteiger partial charge in [-0.05, 0) is 46.1 Å². The quantitative estimate of drug-likeness (QED) is 0.814. The van der Waals surface area contributed by atoms with Gasteiger partial charge in [0.1, 0.15) is 0 Å². The number of rotatable bonds is 4. The molecule has 1 aliphatic heterocycles. The van der Waals surface area contributed by atoms with Crippen molar-refractivity contribution in [3.63, 3.8) is 0 Å². The molecule has 4 nitrogen and oxygen atoms in total. The van der Waals surface area contributed by atoms with Crippen molar-refractivity contribution in [3.8, 4) is 0 Å². The fourth-order valence-electron chi connectivity index (χ4n) is 2.97. The number of hydrogen-bond donors (Lipinski definition) is 1. The molecule has 17 heavy (non-hydrogen) atoms. The Morgan fingerprint density at radius 2 is 2.24 bits per heavy atom. The van der Waals surface area contributed by atoms with E-state index >= 15 is 0 Å². The van der Waals surface area contributed by atoms with Gasteiger partial charge >= 0.3 is 5.97 Å². The first kappa shape index (κ1) is 12.8. The second-order valence-corrected chi connectivity index (χ2v) is 5.64. The van der Waals surface area contributed by atoms with E-state index in [9.17, 15) is 9.90 Å². The number of carboxylic acids is 1. The Bertz CT molecular complexity index is 288. The molecular formula is C13H23NO3. The fourth-order valence-corrected chi connectivity index (χ4v) is 2.97. The van der Waals surface area contributed by atoms with Crippen molar-refractivity contribution in [2.75, 3.05) is 19.7 Å². The maximum atomic E-state index is 11.3. The summed E-state index contributed by atoms with van der Waals surface area (Å²) >= 11 is 0. The van der Waals surface area contributed by atoms with Gasteiger partial charge in [-0.3, -0.25) is 9.69 Å². The molecule has 2 rings (SSSR count). The lowest BCUT2D eigenvalue weighted by molar-refractivity contribution is -0.153. The van der Waals surface area contributed by atoms with Gasteiger partial charge in [-0.1, -0.05) is 0 Å². The zero-order valence-corrected chi connectivity index (χ0v) is 10.8.